The Balaban J connectivity index is 1.92. The Labute approximate surface area is 159 Å². The van der Waals surface area contributed by atoms with Crippen LogP contribution in [0, 0.1) is 0 Å². The van der Waals surface area contributed by atoms with Crippen molar-refractivity contribution in [1.82, 2.24) is 4.72 Å². The molecule has 0 aliphatic heterocycles. The minimum Gasteiger partial charge on any atom is -0.377 e. The normalized spacial score (nSPS) is 11.7. The monoisotopic (exact) mass is 386 g/mol. The van der Waals surface area contributed by atoms with Gasteiger partial charge >= 0.3 is 0 Å². The summed E-state index contributed by atoms with van der Waals surface area (Å²) in [5, 5.41) is 1.65. The highest BCUT2D eigenvalue weighted by Gasteiger charge is 2.18. The van der Waals surface area contributed by atoms with E-state index in [0.29, 0.717) is 4.90 Å². The van der Waals surface area contributed by atoms with E-state index in [-0.39, 0.29) is 6.54 Å². The standard InChI is InChI=1S/C20H22N2O2S2/c1-22(2)19-8-4-7-18-17(19)6-5-9-20(18)26(23,24)21-14-15-10-12-16(25-3)13-11-15/h4-13,21H,14H2,1-3H3. The molecule has 4 nitrogen and oxygen atoms in total. The van der Waals surface area contributed by atoms with Crippen LogP contribution in [0.5, 0.6) is 0 Å². The molecule has 0 aromatic heterocycles. The number of rotatable bonds is 6. The van der Waals surface area contributed by atoms with E-state index in [1.807, 2.05) is 73.8 Å². The second-order valence-corrected chi connectivity index (χ2v) is 8.81. The summed E-state index contributed by atoms with van der Waals surface area (Å²) in [6, 6.07) is 19.0. The van der Waals surface area contributed by atoms with Crippen LogP contribution in [-0.2, 0) is 16.6 Å². The molecule has 0 fully saturated rings. The largest absolute Gasteiger partial charge is 0.377 e. The van der Waals surface area contributed by atoms with Crippen molar-refractivity contribution in [3.63, 3.8) is 0 Å². The van der Waals surface area contributed by atoms with E-state index >= 15 is 0 Å². The van der Waals surface area contributed by atoms with Gasteiger partial charge in [0.1, 0.15) is 0 Å². The SMILES string of the molecule is CSc1ccc(CNS(=O)(=O)c2cccc3c(N(C)C)cccc23)cc1. The lowest BCUT2D eigenvalue weighted by Crippen LogP contribution is -2.23. The molecular formula is C20H22N2O2S2. The van der Waals surface area contributed by atoms with Gasteiger partial charge in [-0.15, -0.1) is 11.8 Å². The van der Waals surface area contributed by atoms with Gasteiger partial charge in [0.2, 0.25) is 10.0 Å². The fraction of sp³-hybridized carbons (Fsp3) is 0.200. The highest BCUT2D eigenvalue weighted by molar-refractivity contribution is 7.98. The second-order valence-electron chi connectivity index (χ2n) is 6.20. The first-order chi connectivity index (χ1) is 12.4. The molecule has 0 amide bonds. The number of hydrogen-bond donors (Lipinski definition) is 1. The van der Waals surface area contributed by atoms with Gasteiger partial charge < -0.3 is 4.90 Å². The molecule has 0 heterocycles. The second kappa shape index (κ2) is 7.70. The average molecular weight is 387 g/mol. The Hall–Kier alpha value is -2.02. The van der Waals surface area contributed by atoms with Crippen LogP contribution < -0.4 is 9.62 Å². The van der Waals surface area contributed by atoms with Gasteiger partial charge in [0, 0.05) is 42.0 Å². The third-order valence-corrected chi connectivity index (χ3v) is 6.46. The summed E-state index contributed by atoms with van der Waals surface area (Å²) in [6.45, 7) is 0.265. The van der Waals surface area contributed by atoms with Gasteiger partial charge in [-0.2, -0.15) is 0 Å². The first kappa shape index (κ1) is 18.8. The van der Waals surface area contributed by atoms with Crippen LogP contribution in [0.15, 0.2) is 70.5 Å². The third kappa shape index (κ3) is 3.87. The molecule has 3 rings (SSSR count). The van der Waals surface area contributed by atoms with Crippen molar-refractivity contribution in [2.45, 2.75) is 16.3 Å². The summed E-state index contributed by atoms with van der Waals surface area (Å²) in [5.74, 6) is 0. The minimum atomic E-state index is -3.62. The number of nitrogens with zero attached hydrogens (tertiary/aromatic N) is 1. The average Bonchev–Trinajstić information content (AvgIpc) is 2.65. The quantitative estimate of drug-likeness (QED) is 0.648. The molecule has 0 radical (unpaired) electrons. The zero-order chi connectivity index (χ0) is 18.7. The Morgan fingerprint density at radius 3 is 2.23 bits per heavy atom. The summed E-state index contributed by atoms with van der Waals surface area (Å²) in [5.41, 5.74) is 1.92. The Kier molecular flexibility index (Phi) is 5.55. The van der Waals surface area contributed by atoms with E-state index in [1.54, 1.807) is 23.9 Å². The van der Waals surface area contributed by atoms with Crippen molar-refractivity contribution < 1.29 is 8.42 Å². The van der Waals surface area contributed by atoms with Crippen molar-refractivity contribution in [1.29, 1.82) is 0 Å². The van der Waals surface area contributed by atoms with Gasteiger partial charge in [-0.25, -0.2) is 13.1 Å². The van der Waals surface area contributed by atoms with E-state index in [2.05, 4.69) is 4.72 Å². The number of hydrogen-bond acceptors (Lipinski definition) is 4. The number of nitrogens with one attached hydrogen (secondary N) is 1. The van der Waals surface area contributed by atoms with Gasteiger partial charge in [0.05, 0.1) is 4.90 Å². The topological polar surface area (TPSA) is 49.4 Å². The first-order valence-electron chi connectivity index (χ1n) is 8.24. The van der Waals surface area contributed by atoms with Crippen LogP contribution in [-0.4, -0.2) is 28.8 Å². The van der Waals surface area contributed by atoms with Gasteiger partial charge in [0.25, 0.3) is 0 Å². The smallest absolute Gasteiger partial charge is 0.241 e. The molecule has 0 saturated heterocycles. The Morgan fingerprint density at radius 1 is 0.923 bits per heavy atom. The molecule has 0 saturated carbocycles. The maximum atomic E-state index is 12.9. The molecule has 0 bridgehead atoms. The predicted octanol–water partition coefficient (Wildman–Crippen LogP) is 4.11. The summed E-state index contributed by atoms with van der Waals surface area (Å²) in [7, 11) is 0.285. The molecule has 1 N–H and O–H groups in total. The lowest BCUT2D eigenvalue weighted by molar-refractivity contribution is 0.582. The van der Waals surface area contributed by atoms with E-state index in [4.69, 9.17) is 0 Å². The zero-order valence-corrected chi connectivity index (χ0v) is 16.7. The maximum Gasteiger partial charge on any atom is 0.241 e. The van der Waals surface area contributed by atoms with Crippen LogP contribution in [0.25, 0.3) is 10.8 Å². The lowest BCUT2D eigenvalue weighted by atomic mass is 10.1. The highest BCUT2D eigenvalue weighted by Crippen LogP contribution is 2.30. The van der Waals surface area contributed by atoms with Crippen molar-refractivity contribution in [3.8, 4) is 0 Å². The van der Waals surface area contributed by atoms with Crippen molar-refractivity contribution in [2.24, 2.45) is 0 Å². The molecule has 26 heavy (non-hydrogen) atoms. The molecule has 0 unspecified atom stereocenters. The zero-order valence-electron chi connectivity index (χ0n) is 15.1. The van der Waals surface area contributed by atoms with Gasteiger partial charge in [-0.3, -0.25) is 0 Å². The van der Waals surface area contributed by atoms with Crippen LogP contribution in [0.3, 0.4) is 0 Å². The van der Waals surface area contributed by atoms with Gasteiger partial charge in [-0.05, 0) is 36.1 Å². The molecule has 0 spiro atoms. The summed E-state index contributed by atoms with van der Waals surface area (Å²) in [6.07, 6.45) is 2.01. The maximum absolute atomic E-state index is 12.9. The number of sulfonamides is 1. The third-order valence-electron chi connectivity index (χ3n) is 4.26. The summed E-state index contributed by atoms with van der Waals surface area (Å²) < 4.78 is 28.5. The van der Waals surface area contributed by atoms with Crippen LogP contribution in [0.4, 0.5) is 5.69 Å². The summed E-state index contributed by atoms with van der Waals surface area (Å²) in [4.78, 5) is 3.45. The molecule has 3 aromatic rings. The minimum absolute atomic E-state index is 0.265. The Bertz CT molecular complexity index is 1010. The number of fused-ring (bicyclic) bond motifs is 1. The molecule has 0 atom stereocenters. The fourth-order valence-corrected chi connectivity index (χ4v) is 4.53. The number of anilines is 1. The van der Waals surface area contributed by atoms with Crippen molar-refractivity contribution >= 4 is 38.2 Å². The lowest BCUT2D eigenvalue weighted by Gasteiger charge is -2.17. The van der Waals surface area contributed by atoms with Crippen LogP contribution in [0.1, 0.15) is 5.56 Å². The fourth-order valence-electron chi connectivity index (χ4n) is 2.89. The van der Waals surface area contributed by atoms with E-state index in [0.717, 1.165) is 26.9 Å². The molecule has 3 aromatic carbocycles. The van der Waals surface area contributed by atoms with Gasteiger partial charge in [0.15, 0.2) is 0 Å². The van der Waals surface area contributed by atoms with E-state index in [9.17, 15) is 8.42 Å². The number of benzene rings is 3. The first-order valence-corrected chi connectivity index (χ1v) is 10.9. The van der Waals surface area contributed by atoms with Gasteiger partial charge in [-0.1, -0.05) is 36.4 Å². The molecule has 6 heteroatoms. The van der Waals surface area contributed by atoms with Crippen molar-refractivity contribution in [2.75, 3.05) is 25.3 Å². The summed E-state index contributed by atoms with van der Waals surface area (Å²) >= 11 is 1.66. The molecule has 0 aliphatic carbocycles. The van der Waals surface area contributed by atoms with Crippen LogP contribution >= 0.6 is 11.8 Å². The van der Waals surface area contributed by atoms with E-state index < -0.39 is 10.0 Å². The molecule has 0 aliphatic rings. The highest BCUT2D eigenvalue weighted by atomic mass is 32.2. The van der Waals surface area contributed by atoms with Crippen molar-refractivity contribution in [3.05, 3.63) is 66.2 Å². The van der Waals surface area contributed by atoms with Crippen LogP contribution in [0.2, 0.25) is 0 Å². The predicted molar refractivity (Wildman–Crippen MR) is 111 cm³/mol. The van der Waals surface area contributed by atoms with E-state index in [1.165, 1.54) is 0 Å². The number of thioether (sulfide) groups is 1. The molecular weight excluding hydrogens is 364 g/mol. The Morgan fingerprint density at radius 2 is 1.58 bits per heavy atom. The molecule has 136 valence electrons.